The van der Waals surface area contributed by atoms with E-state index in [9.17, 15) is 0 Å². The van der Waals surface area contributed by atoms with Crippen LogP contribution in [0.2, 0.25) is 0 Å². The van der Waals surface area contributed by atoms with Crippen molar-refractivity contribution in [2.45, 2.75) is 6.04 Å². The first kappa shape index (κ1) is 6.43. The molecule has 12 heavy (non-hydrogen) atoms. The second-order valence-electron chi connectivity index (χ2n) is 3.43. The Morgan fingerprint density at radius 2 is 1.83 bits per heavy atom. The first-order valence-corrected chi connectivity index (χ1v) is 6.15. The van der Waals surface area contributed by atoms with Gasteiger partial charge in [-0.05, 0) is 22.4 Å². The number of hydrogen-bond donors (Lipinski definition) is 0. The minimum Gasteiger partial charge on any atom is -0.0630 e. The molecule has 0 fully saturated rings. The zero-order valence-electron chi connectivity index (χ0n) is 6.88. The molecule has 1 aliphatic rings. The van der Waals surface area contributed by atoms with Crippen molar-refractivity contribution in [2.24, 2.45) is 0 Å². The minimum absolute atomic E-state index is 0.0435. The van der Waals surface area contributed by atoms with Crippen LogP contribution in [0.15, 0.2) is 36.4 Å². The molecule has 58 valence electrons. The quantitative estimate of drug-likeness (QED) is 0.520. The van der Waals surface area contributed by atoms with Crippen LogP contribution < -0.4 is 5.19 Å². The van der Waals surface area contributed by atoms with Crippen LogP contribution in [-0.4, -0.2) is 9.52 Å². The van der Waals surface area contributed by atoms with Gasteiger partial charge in [-0.15, -0.1) is 0 Å². The predicted octanol–water partition coefficient (Wildman–Crippen LogP) is 1.15. The van der Waals surface area contributed by atoms with Gasteiger partial charge in [0, 0.05) is 0 Å². The molecule has 0 radical (unpaired) electrons. The van der Waals surface area contributed by atoms with Crippen LogP contribution in [-0.2, 0) is 6.04 Å². The molecule has 1 heterocycles. The van der Waals surface area contributed by atoms with E-state index in [1.165, 1.54) is 11.4 Å². The van der Waals surface area contributed by atoms with Gasteiger partial charge in [0.1, 0.15) is 0 Å². The Morgan fingerprint density at radius 1 is 1.00 bits per heavy atom. The van der Waals surface area contributed by atoms with E-state index in [0.29, 0.717) is 0 Å². The fraction of sp³-hybridized carbons (Fsp3) is 0.0909. The third-order valence-corrected chi connectivity index (χ3v) is 4.66. The normalized spacial score (nSPS) is 16.0. The van der Waals surface area contributed by atoms with Gasteiger partial charge in [0.15, 0.2) is 0 Å². The molecule has 0 nitrogen and oxygen atoms in total. The number of benzene rings is 2. The molecule has 0 bridgehead atoms. The summed E-state index contributed by atoms with van der Waals surface area (Å²) < 4.78 is 0. The van der Waals surface area contributed by atoms with Gasteiger partial charge in [-0.2, -0.15) is 0 Å². The van der Waals surface area contributed by atoms with Crippen LogP contribution in [0.3, 0.4) is 0 Å². The minimum atomic E-state index is 0.0435. The summed E-state index contributed by atoms with van der Waals surface area (Å²) in [6, 6.07) is 14.8. The number of rotatable bonds is 0. The van der Waals surface area contributed by atoms with Crippen LogP contribution in [0.1, 0.15) is 5.56 Å². The molecule has 0 aromatic heterocycles. The van der Waals surface area contributed by atoms with E-state index in [2.05, 4.69) is 36.4 Å². The molecule has 1 heteroatoms. The van der Waals surface area contributed by atoms with Crippen LogP contribution in [0, 0.1) is 0 Å². The second-order valence-corrected chi connectivity index (χ2v) is 5.19. The summed E-state index contributed by atoms with van der Waals surface area (Å²) in [6.07, 6.45) is 0. The fourth-order valence-electron chi connectivity index (χ4n) is 2.19. The number of hydrogen-bond acceptors (Lipinski definition) is 0. The van der Waals surface area contributed by atoms with Gasteiger partial charge in [-0.1, -0.05) is 41.6 Å². The van der Waals surface area contributed by atoms with Crippen molar-refractivity contribution in [1.82, 2.24) is 0 Å². The highest BCUT2D eigenvalue weighted by molar-refractivity contribution is 6.59. The standard InChI is InChI=1S/C11H10Si/c1-3-8-4-2-6-10-11(8)9(5-1)7-12-10/h1-6H,7,12H2. The molecule has 1 aliphatic heterocycles. The highest BCUT2D eigenvalue weighted by Gasteiger charge is 2.12. The lowest BCUT2D eigenvalue weighted by molar-refractivity contribution is 1.47. The van der Waals surface area contributed by atoms with Crippen molar-refractivity contribution < 1.29 is 0 Å². The van der Waals surface area contributed by atoms with E-state index in [1.807, 2.05) is 0 Å². The Balaban J connectivity index is 2.58. The third kappa shape index (κ3) is 0.717. The maximum absolute atomic E-state index is 2.31. The molecule has 3 rings (SSSR count). The largest absolute Gasteiger partial charge is 0.0630 e. The smallest absolute Gasteiger partial charge is 0.0599 e. The Morgan fingerprint density at radius 3 is 2.75 bits per heavy atom. The van der Waals surface area contributed by atoms with Crippen LogP contribution in [0.5, 0.6) is 0 Å². The van der Waals surface area contributed by atoms with E-state index in [-0.39, 0.29) is 9.52 Å². The summed E-state index contributed by atoms with van der Waals surface area (Å²) in [6.45, 7) is 0. The SMILES string of the molecule is c1cc2c3c(cccc3c1)[SiH2]C2. The van der Waals surface area contributed by atoms with Crippen LogP contribution >= 0.6 is 0 Å². The maximum Gasteiger partial charge on any atom is 0.0599 e. The van der Waals surface area contributed by atoms with Gasteiger partial charge in [0.05, 0.1) is 9.52 Å². The Kier molecular flexibility index (Phi) is 1.18. The summed E-state index contributed by atoms with van der Waals surface area (Å²) in [5.74, 6) is 0. The first-order chi connectivity index (χ1) is 5.95. The summed E-state index contributed by atoms with van der Waals surface area (Å²) in [5, 5.41) is 4.68. The zero-order chi connectivity index (χ0) is 7.97. The second kappa shape index (κ2) is 2.20. The summed E-state index contributed by atoms with van der Waals surface area (Å²) in [4.78, 5) is 0. The molecule has 2 aromatic carbocycles. The van der Waals surface area contributed by atoms with Crippen molar-refractivity contribution in [3.63, 3.8) is 0 Å². The van der Waals surface area contributed by atoms with Crippen molar-refractivity contribution >= 4 is 25.5 Å². The molecule has 0 N–H and O–H groups in total. The van der Waals surface area contributed by atoms with Crippen molar-refractivity contribution in [3.8, 4) is 0 Å². The van der Waals surface area contributed by atoms with Gasteiger partial charge < -0.3 is 0 Å². The van der Waals surface area contributed by atoms with Crippen LogP contribution in [0.4, 0.5) is 0 Å². The van der Waals surface area contributed by atoms with Crippen molar-refractivity contribution in [1.29, 1.82) is 0 Å². The molecule has 0 saturated carbocycles. The average Bonchev–Trinajstić information content (AvgIpc) is 2.52. The molecule has 0 unspecified atom stereocenters. The summed E-state index contributed by atoms with van der Waals surface area (Å²) in [7, 11) is 0.0435. The van der Waals surface area contributed by atoms with Gasteiger partial charge in [-0.3, -0.25) is 0 Å². The Labute approximate surface area is 74.0 Å². The van der Waals surface area contributed by atoms with E-state index in [1.54, 1.807) is 16.1 Å². The highest BCUT2D eigenvalue weighted by Crippen LogP contribution is 2.20. The Bertz CT molecular complexity index is 407. The van der Waals surface area contributed by atoms with Crippen molar-refractivity contribution in [2.75, 3.05) is 0 Å². The van der Waals surface area contributed by atoms with E-state index < -0.39 is 0 Å². The summed E-state index contributed by atoms with van der Waals surface area (Å²) >= 11 is 0. The van der Waals surface area contributed by atoms with E-state index >= 15 is 0 Å². The molecular formula is C11H10Si. The lowest BCUT2D eigenvalue weighted by atomic mass is 10.1. The molecule has 0 saturated heterocycles. The predicted molar refractivity (Wildman–Crippen MR) is 55.8 cm³/mol. The summed E-state index contributed by atoms with van der Waals surface area (Å²) in [5.41, 5.74) is 1.59. The first-order valence-electron chi connectivity index (χ1n) is 4.45. The molecule has 0 amide bonds. The van der Waals surface area contributed by atoms with E-state index in [0.717, 1.165) is 0 Å². The molecule has 2 aromatic rings. The average molecular weight is 170 g/mol. The topological polar surface area (TPSA) is 0 Å². The molecule has 0 aliphatic carbocycles. The lowest BCUT2D eigenvalue weighted by Gasteiger charge is -1.99. The Hall–Kier alpha value is -1.08. The molecule has 0 spiro atoms. The van der Waals surface area contributed by atoms with Gasteiger partial charge in [0.25, 0.3) is 0 Å². The van der Waals surface area contributed by atoms with E-state index in [4.69, 9.17) is 0 Å². The van der Waals surface area contributed by atoms with Crippen molar-refractivity contribution in [3.05, 3.63) is 42.0 Å². The maximum atomic E-state index is 2.31. The zero-order valence-corrected chi connectivity index (χ0v) is 8.29. The third-order valence-electron chi connectivity index (χ3n) is 2.74. The van der Waals surface area contributed by atoms with Gasteiger partial charge in [-0.25, -0.2) is 0 Å². The highest BCUT2D eigenvalue weighted by atomic mass is 28.2. The lowest BCUT2D eigenvalue weighted by Crippen LogP contribution is -2.08. The van der Waals surface area contributed by atoms with Gasteiger partial charge >= 0.3 is 0 Å². The monoisotopic (exact) mass is 170 g/mol. The molecular weight excluding hydrogens is 160 g/mol. The molecule has 0 atom stereocenters. The van der Waals surface area contributed by atoms with Crippen LogP contribution in [0.25, 0.3) is 10.8 Å². The fourth-order valence-corrected chi connectivity index (χ4v) is 4.13. The van der Waals surface area contributed by atoms with Gasteiger partial charge in [0.2, 0.25) is 0 Å².